The van der Waals surface area contributed by atoms with Crippen molar-refractivity contribution in [2.24, 2.45) is 0 Å². The molecule has 2 rings (SSSR count). The van der Waals surface area contributed by atoms with Crippen LogP contribution < -0.4 is 15.2 Å². The number of ether oxygens (including phenoxy) is 1. The first-order valence-electron chi connectivity index (χ1n) is 7.25. The Balaban J connectivity index is 1.75. The third-order valence-electron chi connectivity index (χ3n) is 3.12. The lowest BCUT2D eigenvalue weighted by Crippen LogP contribution is -2.55. The van der Waals surface area contributed by atoms with E-state index < -0.39 is 0 Å². The number of halogens is 2. The molecule has 0 saturated heterocycles. The molecule has 128 valence electrons. The van der Waals surface area contributed by atoms with Gasteiger partial charge in [0.2, 0.25) is 5.28 Å². The number of unbranched alkanes of at least 4 members (excludes halogenated alkanes) is 1. The fraction of sp³-hybridized carbons (Fsp3) is 0.333. The van der Waals surface area contributed by atoms with Crippen molar-refractivity contribution in [3.05, 3.63) is 39.1 Å². The van der Waals surface area contributed by atoms with Crippen LogP contribution in [0.15, 0.2) is 33.8 Å². The standard InChI is InChI=1S/C15H16BrClN4O2S/c1-24-13-5-4-10(21-22)8-12(13)23-7-3-2-6-18-14-11(16)9-19-15(17)20-14/h4-5,8-9H,2-3,6-7H2,1H3,(H,18,19,20)/p+1. The summed E-state index contributed by atoms with van der Waals surface area (Å²) in [5, 5.41) is 5.29. The molecule has 24 heavy (non-hydrogen) atoms. The molecule has 1 aromatic heterocycles. The van der Waals surface area contributed by atoms with Crippen molar-refractivity contribution in [3.8, 4) is 5.75 Å². The minimum Gasteiger partial charge on any atom is -0.492 e. The van der Waals surface area contributed by atoms with E-state index >= 15 is 0 Å². The van der Waals surface area contributed by atoms with Crippen LogP contribution in [0.25, 0.3) is 0 Å². The first kappa shape index (κ1) is 19.0. The summed E-state index contributed by atoms with van der Waals surface area (Å²) in [5.41, 5.74) is 0.495. The second kappa shape index (κ2) is 9.80. The maximum atomic E-state index is 10.7. The van der Waals surface area contributed by atoms with Gasteiger partial charge in [0.1, 0.15) is 11.6 Å². The maximum Gasteiger partial charge on any atom is 0.257 e. The molecule has 0 unspecified atom stereocenters. The first-order chi connectivity index (χ1) is 11.6. The van der Waals surface area contributed by atoms with E-state index in [1.165, 1.54) is 0 Å². The summed E-state index contributed by atoms with van der Waals surface area (Å²) in [5.74, 6) is 1.40. The maximum absolute atomic E-state index is 10.7. The Labute approximate surface area is 157 Å². The van der Waals surface area contributed by atoms with Crippen molar-refractivity contribution in [1.82, 2.24) is 9.97 Å². The van der Waals surface area contributed by atoms with Crippen LogP contribution in [0.2, 0.25) is 5.28 Å². The third kappa shape index (κ3) is 5.61. The van der Waals surface area contributed by atoms with Crippen LogP contribution in [0.3, 0.4) is 0 Å². The minimum absolute atomic E-state index is 0.209. The number of hydrogen-bond acceptors (Lipinski definition) is 6. The highest BCUT2D eigenvalue weighted by Gasteiger charge is 2.08. The fourth-order valence-corrected chi connectivity index (χ4v) is 2.93. The quantitative estimate of drug-likeness (QED) is 0.359. The molecule has 0 atom stereocenters. The summed E-state index contributed by atoms with van der Waals surface area (Å²) >= 11 is 10.7. The SMILES string of the molecule is CSc1ccc([NH+]=O)cc1OCCCCNc1nc(Cl)ncc1Br. The highest BCUT2D eigenvalue weighted by molar-refractivity contribution is 9.10. The summed E-state index contributed by atoms with van der Waals surface area (Å²) in [6, 6.07) is 5.33. The van der Waals surface area contributed by atoms with Gasteiger partial charge in [0.25, 0.3) is 5.69 Å². The average Bonchev–Trinajstić information content (AvgIpc) is 2.60. The Hall–Kier alpha value is -1.38. The molecule has 2 aromatic rings. The Bertz CT molecular complexity index is 705. The van der Waals surface area contributed by atoms with Crippen LogP contribution in [-0.4, -0.2) is 29.4 Å². The number of rotatable bonds is 9. The highest BCUT2D eigenvalue weighted by atomic mass is 79.9. The molecule has 1 heterocycles. The lowest BCUT2D eigenvalue weighted by atomic mass is 10.3. The van der Waals surface area contributed by atoms with E-state index in [1.807, 2.05) is 17.5 Å². The molecule has 6 nitrogen and oxygen atoms in total. The lowest BCUT2D eigenvalue weighted by molar-refractivity contribution is -0.379. The first-order valence-corrected chi connectivity index (χ1v) is 9.64. The van der Waals surface area contributed by atoms with E-state index in [4.69, 9.17) is 16.3 Å². The van der Waals surface area contributed by atoms with Gasteiger partial charge < -0.3 is 10.1 Å². The molecule has 0 radical (unpaired) electrons. The smallest absolute Gasteiger partial charge is 0.257 e. The summed E-state index contributed by atoms with van der Waals surface area (Å²) in [4.78, 5) is 19.7. The van der Waals surface area contributed by atoms with Gasteiger partial charge in [0.15, 0.2) is 0 Å². The summed E-state index contributed by atoms with van der Waals surface area (Å²) in [6.07, 6.45) is 5.36. The van der Waals surface area contributed by atoms with Crippen molar-refractivity contribution in [2.75, 3.05) is 24.7 Å². The van der Waals surface area contributed by atoms with Gasteiger partial charge in [-0.15, -0.1) is 11.8 Å². The molecule has 0 aliphatic carbocycles. The van der Waals surface area contributed by atoms with Gasteiger partial charge in [-0.05, 0) is 52.7 Å². The Morgan fingerprint density at radius 3 is 3.00 bits per heavy atom. The number of aromatic nitrogens is 2. The van der Waals surface area contributed by atoms with E-state index in [2.05, 4.69) is 31.2 Å². The van der Waals surface area contributed by atoms with Gasteiger partial charge in [-0.3, -0.25) is 0 Å². The molecule has 0 aliphatic heterocycles. The molecule has 9 heteroatoms. The summed E-state index contributed by atoms with van der Waals surface area (Å²) in [6.45, 7) is 1.32. The molecule has 0 amide bonds. The van der Waals surface area contributed by atoms with Gasteiger partial charge in [0.05, 0.1) is 17.1 Å². The zero-order chi connectivity index (χ0) is 17.4. The summed E-state index contributed by atoms with van der Waals surface area (Å²) < 4.78 is 6.56. The molecule has 2 N–H and O–H groups in total. The second-order valence-electron chi connectivity index (χ2n) is 4.79. The van der Waals surface area contributed by atoms with Crippen LogP contribution >= 0.6 is 39.3 Å². The van der Waals surface area contributed by atoms with E-state index in [0.29, 0.717) is 18.1 Å². The van der Waals surface area contributed by atoms with E-state index in [9.17, 15) is 4.91 Å². The van der Waals surface area contributed by atoms with Crippen molar-refractivity contribution in [3.63, 3.8) is 0 Å². The number of nitroso groups, excluding NO2 is 1. The number of nitrogens with one attached hydrogen (secondary N) is 2. The lowest BCUT2D eigenvalue weighted by Gasteiger charge is -2.10. The molecule has 1 aromatic carbocycles. The molecular weight excluding hydrogens is 416 g/mol. The summed E-state index contributed by atoms with van der Waals surface area (Å²) in [7, 11) is 0. The number of benzene rings is 1. The Morgan fingerprint density at radius 2 is 2.25 bits per heavy atom. The van der Waals surface area contributed by atoms with Crippen LogP contribution in [-0.2, 0) is 0 Å². The number of nitrogens with zero attached hydrogens (tertiary/aromatic N) is 2. The fourth-order valence-electron chi connectivity index (χ4n) is 1.94. The van der Waals surface area contributed by atoms with E-state index in [1.54, 1.807) is 30.1 Å². The van der Waals surface area contributed by atoms with Crippen LogP contribution in [0.1, 0.15) is 12.8 Å². The Morgan fingerprint density at radius 1 is 1.42 bits per heavy atom. The number of thioether (sulfide) groups is 1. The van der Waals surface area contributed by atoms with E-state index in [-0.39, 0.29) is 5.28 Å². The topological polar surface area (TPSA) is 78.1 Å². The van der Waals surface area contributed by atoms with Crippen molar-refractivity contribution in [1.29, 1.82) is 0 Å². The molecule has 0 aliphatic rings. The Kier molecular flexibility index (Phi) is 7.74. The van der Waals surface area contributed by atoms with Crippen molar-refractivity contribution in [2.45, 2.75) is 17.7 Å². The van der Waals surface area contributed by atoms with Crippen LogP contribution in [0.4, 0.5) is 11.5 Å². The number of hydrogen-bond donors (Lipinski definition) is 2. The van der Waals surface area contributed by atoms with Gasteiger partial charge in [-0.1, -0.05) is 0 Å². The van der Waals surface area contributed by atoms with E-state index in [0.717, 1.165) is 34.5 Å². The zero-order valence-corrected chi connectivity index (χ0v) is 16.2. The molecular formula is C15H17BrClN4O2S+. The minimum atomic E-state index is 0.209. The molecule has 0 bridgehead atoms. The van der Waals surface area contributed by atoms with Gasteiger partial charge in [0, 0.05) is 33.8 Å². The molecule has 0 spiro atoms. The normalized spacial score (nSPS) is 10.5. The van der Waals surface area contributed by atoms with Gasteiger partial charge in [-0.2, -0.15) is 4.98 Å². The van der Waals surface area contributed by atoms with Crippen LogP contribution in [0.5, 0.6) is 5.75 Å². The predicted molar refractivity (Wildman–Crippen MR) is 100 cm³/mol. The van der Waals surface area contributed by atoms with Crippen LogP contribution in [0, 0.1) is 4.91 Å². The second-order valence-corrected chi connectivity index (χ2v) is 6.83. The van der Waals surface area contributed by atoms with Crippen molar-refractivity contribution >= 4 is 50.8 Å². The average molecular weight is 433 g/mol. The number of anilines is 1. The highest BCUT2D eigenvalue weighted by Crippen LogP contribution is 2.29. The largest absolute Gasteiger partial charge is 0.492 e. The molecule has 0 fully saturated rings. The third-order valence-corrected chi connectivity index (χ3v) is 4.66. The zero-order valence-electron chi connectivity index (χ0n) is 13.0. The van der Waals surface area contributed by atoms with Gasteiger partial charge in [-0.25, -0.2) is 4.98 Å². The monoisotopic (exact) mass is 431 g/mol. The van der Waals surface area contributed by atoms with Gasteiger partial charge >= 0.3 is 0 Å². The predicted octanol–water partition coefficient (Wildman–Crippen LogP) is 3.36. The molecule has 0 saturated carbocycles. The van der Waals surface area contributed by atoms with Crippen molar-refractivity contribution < 1.29 is 9.91 Å².